The van der Waals surface area contributed by atoms with Gasteiger partial charge in [0.1, 0.15) is 19.5 Å². The Hall–Kier alpha value is -2.42. The Morgan fingerprint density at radius 2 is 1.96 bits per heavy atom. The maximum atomic E-state index is 12.4. The molecular weight excluding hydrogens is 354 g/mol. The van der Waals surface area contributed by atoms with Gasteiger partial charge in [0.05, 0.1) is 0 Å². The number of carbonyl (C=O) groups excluding carboxylic acids is 1. The highest BCUT2D eigenvalue weighted by atomic mass is 32.2. The summed E-state index contributed by atoms with van der Waals surface area (Å²) in [5, 5.41) is 6.73. The van der Waals surface area contributed by atoms with Gasteiger partial charge in [0, 0.05) is 43.2 Å². The standard InChI is InChI=1S/C17H21N5O3S/c23-16(21-4-6-22(7-5-21)17-18-12-19-20-17)3-10-26-13-1-2-14-15(11-13)25-9-8-24-14/h1-2,11-12H,3-10H2,(H,18,19,20). The number of rotatable bonds is 5. The van der Waals surface area contributed by atoms with Gasteiger partial charge in [-0.25, -0.2) is 5.10 Å². The van der Waals surface area contributed by atoms with E-state index in [0.29, 0.717) is 32.7 Å². The third-order valence-corrected chi connectivity index (χ3v) is 5.43. The zero-order valence-electron chi connectivity index (χ0n) is 14.4. The molecule has 0 bridgehead atoms. The molecule has 3 heterocycles. The highest BCUT2D eigenvalue weighted by Gasteiger charge is 2.22. The number of thioether (sulfide) groups is 1. The molecule has 1 aromatic heterocycles. The van der Waals surface area contributed by atoms with Gasteiger partial charge in [-0.05, 0) is 18.2 Å². The normalized spacial score (nSPS) is 16.6. The van der Waals surface area contributed by atoms with Crippen LogP contribution in [0, 0.1) is 0 Å². The molecule has 0 atom stereocenters. The average Bonchev–Trinajstić information content (AvgIpc) is 3.23. The van der Waals surface area contributed by atoms with E-state index in [0.717, 1.165) is 41.2 Å². The largest absolute Gasteiger partial charge is 0.486 e. The van der Waals surface area contributed by atoms with Crippen molar-refractivity contribution in [3.63, 3.8) is 0 Å². The molecule has 8 nitrogen and oxygen atoms in total. The van der Waals surface area contributed by atoms with Gasteiger partial charge in [-0.2, -0.15) is 10.1 Å². The molecule has 1 saturated heterocycles. The molecule has 1 N–H and O–H groups in total. The zero-order valence-corrected chi connectivity index (χ0v) is 15.2. The molecule has 9 heteroatoms. The summed E-state index contributed by atoms with van der Waals surface area (Å²) in [5.41, 5.74) is 0. The van der Waals surface area contributed by atoms with Crippen molar-refractivity contribution in [2.45, 2.75) is 11.3 Å². The molecule has 0 unspecified atom stereocenters. The quantitative estimate of drug-likeness (QED) is 0.791. The van der Waals surface area contributed by atoms with E-state index >= 15 is 0 Å². The lowest BCUT2D eigenvalue weighted by Gasteiger charge is -2.34. The zero-order chi connectivity index (χ0) is 17.8. The monoisotopic (exact) mass is 375 g/mol. The van der Waals surface area contributed by atoms with Gasteiger partial charge in [-0.3, -0.25) is 4.79 Å². The van der Waals surface area contributed by atoms with Gasteiger partial charge >= 0.3 is 0 Å². The van der Waals surface area contributed by atoms with Crippen molar-refractivity contribution in [3.05, 3.63) is 24.5 Å². The van der Waals surface area contributed by atoms with E-state index in [-0.39, 0.29) is 5.91 Å². The van der Waals surface area contributed by atoms with E-state index in [1.807, 2.05) is 23.1 Å². The van der Waals surface area contributed by atoms with E-state index < -0.39 is 0 Å². The summed E-state index contributed by atoms with van der Waals surface area (Å²) in [6, 6.07) is 5.93. The first-order valence-electron chi connectivity index (χ1n) is 8.70. The van der Waals surface area contributed by atoms with Crippen molar-refractivity contribution < 1.29 is 14.3 Å². The van der Waals surface area contributed by atoms with Gasteiger partial charge in [0.2, 0.25) is 11.9 Å². The number of aromatic amines is 1. The maximum Gasteiger partial charge on any atom is 0.223 e. The van der Waals surface area contributed by atoms with Crippen LogP contribution in [0.15, 0.2) is 29.4 Å². The number of hydrogen-bond donors (Lipinski definition) is 1. The number of nitrogens with zero attached hydrogens (tertiary/aromatic N) is 4. The summed E-state index contributed by atoms with van der Waals surface area (Å²) >= 11 is 1.67. The topological polar surface area (TPSA) is 83.6 Å². The van der Waals surface area contributed by atoms with E-state index in [2.05, 4.69) is 20.1 Å². The number of piperazine rings is 1. The van der Waals surface area contributed by atoms with E-state index in [1.165, 1.54) is 6.33 Å². The van der Waals surface area contributed by atoms with E-state index in [1.54, 1.807) is 11.8 Å². The number of nitrogens with one attached hydrogen (secondary N) is 1. The molecule has 2 aliphatic rings. The molecular formula is C17H21N5O3S. The van der Waals surface area contributed by atoms with Crippen molar-refractivity contribution >= 4 is 23.6 Å². The maximum absolute atomic E-state index is 12.4. The molecule has 0 spiro atoms. The van der Waals surface area contributed by atoms with Crippen LogP contribution in [0.5, 0.6) is 11.5 Å². The Morgan fingerprint density at radius 1 is 1.15 bits per heavy atom. The number of hydrogen-bond acceptors (Lipinski definition) is 7. The first-order chi connectivity index (χ1) is 12.8. The van der Waals surface area contributed by atoms with Crippen LogP contribution in [0.1, 0.15) is 6.42 Å². The molecule has 26 heavy (non-hydrogen) atoms. The SMILES string of the molecule is O=C(CCSc1ccc2c(c1)OCCO2)N1CCN(c2ncn[nH]2)CC1. The van der Waals surface area contributed by atoms with Crippen LogP contribution < -0.4 is 14.4 Å². The van der Waals surface area contributed by atoms with Gasteiger partial charge in [0.25, 0.3) is 0 Å². The minimum Gasteiger partial charge on any atom is -0.486 e. The number of ether oxygens (including phenoxy) is 2. The van der Waals surface area contributed by atoms with Crippen LogP contribution in [0.4, 0.5) is 5.95 Å². The fourth-order valence-corrected chi connectivity index (χ4v) is 3.91. The molecule has 1 amide bonds. The van der Waals surface area contributed by atoms with Crippen LogP contribution in [-0.4, -0.2) is 71.1 Å². The van der Waals surface area contributed by atoms with Crippen LogP contribution in [0.3, 0.4) is 0 Å². The summed E-state index contributed by atoms with van der Waals surface area (Å²) in [5.74, 6) is 3.30. The first kappa shape index (κ1) is 17.0. The number of carbonyl (C=O) groups is 1. The average molecular weight is 375 g/mol. The highest BCUT2D eigenvalue weighted by molar-refractivity contribution is 7.99. The van der Waals surface area contributed by atoms with Crippen molar-refractivity contribution in [1.82, 2.24) is 20.1 Å². The van der Waals surface area contributed by atoms with Crippen LogP contribution >= 0.6 is 11.8 Å². The molecule has 0 radical (unpaired) electrons. The van der Waals surface area contributed by atoms with Gasteiger partial charge in [0.15, 0.2) is 11.5 Å². The van der Waals surface area contributed by atoms with Crippen molar-refractivity contribution in [2.75, 3.05) is 50.0 Å². The minimum atomic E-state index is 0.201. The summed E-state index contributed by atoms with van der Waals surface area (Å²) in [7, 11) is 0. The number of amides is 1. The second-order valence-electron chi connectivity index (χ2n) is 6.08. The Balaban J connectivity index is 1.22. The molecule has 1 fully saturated rings. The fourth-order valence-electron chi connectivity index (χ4n) is 3.05. The number of benzene rings is 1. The molecule has 138 valence electrons. The van der Waals surface area contributed by atoms with Crippen LogP contribution in [-0.2, 0) is 4.79 Å². The number of H-pyrrole nitrogens is 1. The van der Waals surface area contributed by atoms with E-state index in [9.17, 15) is 4.79 Å². The molecule has 0 saturated carbocycles. The van der Waals surface area contributed by atoms with Gasteiger partial charge in [-0.15, -0.1) is 11.8 Å². The first-order valence-corrected chi connectivity index (χ1v) is 9.69. The third kappa shape index (κ3) is 3.87. The van der Waals surface area contributed by atoms with Crippen LogP contribution in [0.25, 0.3) is 0 Å². The predicted octanol–water partition coefficient (Wildman–Crippen LogP) is 1.41. The lowest BCUT2D eigenvalue weighted by atomic mass is 10.3. The summed E-state index contributed by atoms with van der Waals surface area (Å²) in [6.45, 7) is 4.16. The number of fused-ring (bicyclic) bond motifs is 1. The molecule has 2 aliphatic heterocycles. The highest BCUT2D eigenvalue weighted by Crippen LogP contribution is 2.34. The fraction of sp³-hybridized carbons (Fsp3) is 0.471. The van der Waals surface area contributed by atoms with Crippen molar-refractivity contribution in [2.24, 2.45) is 0 Å². The van der Waals surface area contributed by atoms with Crippen molar-refractivity contribution in [3.8, 4) is 11.5 Å². The summed E-state index contributed by atoms with van der Waals surface area (Å²) in [6.07, 6.45) is 2.03. The van der Waals surface area contributed by atoms with Crippen LogP contribution in [0.2, 0.25) is 0 Å². The lowest BCUT2D eigenvalue weighted by Crippen LogP contribution is -2.49. The summed E-state index contributed by atoms with van der Waals surface area (Å²) in [4.78, 5) is 21.7. The molecule has 4 rings (SSSR count). The third-order valence-electron chi connectivity index (χ3n) is 4.43. The summed E-state index contributed by atoms with van der Waals surface area (Å²) < 4.78 is 11.1. The molecule has 2 aromatic rings. The number of aromatic nitrogens is 3. The Bertz CT molecular complexity index is 747. The smallest absolute Gasteiger partial charge is 0.223 e. The van der Waals surface area contributed by atoms with Crippen molar-refractivity contribution in [1.29, 1.82) is 0 Å². The second kappa shape index (κ2) is 7.86. The van der Waals surface area contributed by atoms with E-state index in [4.69, 9.17) is 9.47 Å². The van der Waals surface area contributed by atoms with Gasteiger partial charge < -0.3 is 19.3 Å². The van der Waals surface area contributed by atoms with Gasteiger partial charge in [-0.1, -0.05) is 0 Å². The second-order valence-corrected chi connectivity index (χ2v) is 7.25. The number of anilines is 1. The Labute approximate surface area is 155 Å². The molecule has 1 aromatic carbocycles. The molecule has 0 aliphatic carbocycles. The Kier molecular flexibility index (Phi) is 5.14. The lowest BCUT2D eigenvalue weighted by molar-refractivity contribution is -0.131. The minimum absolute atomic E-state index is 0.201. The predicted molar refractivity (Wildman–Crippen MR) is 97.9 cm³/mol. The Morgan fingerprint density at radius 3 is 2.73 bits per heavy atom.